The minimum Gasteiger partial charge on any atom is -0.345 e. The zero-order valence-electron chi connectivity index (χ0n) is 11.2. The van der Waals surface area contributed by atoms with Crippen molar-refractivity contribution in [2.75, 3.05) is 6.54 Å². The van der Waals surface area contributed by atoms with Crippen LogP contribution in [0, 0.1) is 0 Å². The molecule has 1 aromatic rings. The van der Waals surface area contributed by atoms with E-state index < -0.39 is 5.54 Å². The summed E-state index contributed by atoms with van der Waals surface area (Å²) in [6.07, 6.45) is 3.46. The number of nitrogens with zero attached hydrogens (tertiary/aromatic N) is 1. The summed E-state index contributed by atoms with van der Waals surface area (Å²) in [6, 6.07) is 7.48. The number of piperazine rings is 1. The lowest BCUT2D eigenvalue weighted by molar-refractivity contribution is -0.154. The summed E-state index contributed by atoms with van der Waals surface area (Å²) in [4.78, 5) is 26.3. The molecule has 2 fully saturated rings. The summed E-state index contributed by atoms with van der Waals surface area (Å²) in [5, 5.41) is 3.37. The topological polar surface area (TPSA) is 49.4 Å². The molecule has 1 saturated heterocycles. The van der Waals surface area contributed by atoms with E-state index in [0.29, 0.717) is 11.6 Å². The zero-order valence-corrected chi connectivity index (χ0v) is 11.9. The minimum absolute atomic E-state index is 0.0124. The van der Waals surface area contributed by atoms with Gasteiger partial charge >= 0.3 is 0 Å². The van der Waals surface area contributed by atoms with E-state index in [1.54, 1.807) is 4.90 Å². The van der Waals surface area contributed by atoms with Crippen molar-refractivity contribution in [2.24, 2.45) is 0 Å². The molecule has 1 aliphatic carbocycles. The second-order valence-corrected chi connectivity index (χ2v) is 5.90. The van der Waals surface area contributed by atoms with Gasteiger partial charge in [0.15, 0.2) is 0 Å². The Morgan fingerprint density at radius 3 is 2.60 bits per heavy atom. The lowest BCUT2D eigenvalue weighted by atomic mass is 9.90. The van der Waals surface area contributed by atoms with Gasteiger partial charge in [-0.3, -0.25) is 9.59 Å². The number of benzene rings is 1. The summed E-state index contributed by atoms with van der Waals surface area (Å²) >= 11 is 6.18. The van der Waals surface area contributed by atoms with Gasteiger partial charge in [-0.05, 0) is 24.5 Å². The smallest absolute Gasteiger partial charge is 0.246 e. The van der Waals surface area contributed by atoms with Crippen molar-refractivity contribution in [1.29, 1.82) is 0 Å². The lowest BCUT2D eigenvalue weighted by Crippen LogP contribution is -2.65. The third-order valence-corrected chi connectivity index (χ3v) is 4.73. The maximum atomic E-state index is 12.3. The van der Waals surface area contributed by atoms with E-state index in [9.17, 15) is 9.59 Å². The summed E-state index contributed by atoms with van der Waals surface area (Å²) in [6.45, 7) is 0.497. The third kappa shape index (κ3) is 2.08. The first-order valence-electron chi connectivity index (χ1n) is 6.96. The van der Waals surface area contributed by atoms with E-state index in [0.717, 1.165) is 31.2 Å². The van der Waals surface area contributed by atoms with Crippen molar-refractivity contribution in [1.82, 2.24) is 10.2 Å². The van der Waals surface area contributed by atoms with Gasteiger partial charge in [-0.2, -0.15) is 0 Å². The Labute approximate surface area is 123 Å². The molecule has 5 heteroatoms. The molecular formula is C15H17ClN2O2. The number of carbonyl (C=O) groups excluding carboxylic acids is 2. The van der Waals surface area contributed by atoms with Gasteiger partial charge in [0, 0.05) is 11.6 Å². The molecule has 1 aliphatic heterocycles. The van der Waals surface area contributed by atoms with Crippen LogP contribution in [0.2, 0.25) is 5.02 Å². The number of carbonyl (C=O) groups is 2. The van der Waals surface area contributed by atoms with Crippen molar-refractivity contribution in [2.45, 2.75) is 37.8 Å². The fourth-order valence-electron chi connectivity index (χ4n) is 3.27. The van der Waals surface area contributed by atoms with Gasteiger partial charge in [-0.25, -0.2) is 0 Å². The molecule has 0 atom stereocenters. The predicted molar refractivity (Wildman–Crippen MR) is 76.2 cm³/mol. The Morgan fingerprint density at radius 2 is 1.90 bits per heavy atom. The Kier molecular flexibility index (Phi) is 3.42. The molecule has 1 spiro atoms. The lowest BCUT2D eigenvalue weighted by Gasteiger charge is -2.43. The van der Waals surface area contributed by atoms with Crippen LogP contribution >= 0.6 is 11.6 Å². The highest BCUT2D eigenvalue weighted by molar-refractivity contribution is 6.31. The van der Waals surface area contributed by atoms with Crippen LogP contribution in [0.5, 0.6) is 0 Å². The molecule has 0 radical (unpaired) electrons. The van der Waals surface area contributed by atoms with Gasteiger partial charge in [-0.15, -0.1) is 0 Å². The van der Waals surface area contributed by atoms with Gasteiger partial charge in [0.2, 0.25) is 11.8 Å². The Bertz CT molecular complexity index is 553. The third-order valence-electron chi connectivity index (χ3n) is 4.36. The molecule has 0 aromatic heterocycles. The molecule has 20 heavy (non-hydrogen) atoms. The normalized spacial score (nSPS) is 21.4. The molecular weight excluding hydrogens is 276 g/mol. The van der Waals surface area contributed by atoms with Crippen LogP contribution in [0.25, 0.3) is 0 Å². The fraction of sp³-hybridized carbons (Fsp3) is 0.467. The number of nitrogens with one attached hydrogen (secondary N) is 1. The maximum Gasteiger partial charge on any atom is 0.246 e. The van der Waals surface area contributed by atoms with Crippen LogP contribution in [0.1, 0.15) is 31.2 Å². The number of hydrogen-bond donors (Lipinski definition) is 1. The molecule has 1 heterocycles. The molecule has 0 bridgehead atoms. The van der Waals surface area contributed by atoms with E-state index in [2.05, 4.69) is 5.32 Å². The SMILES string of the molecule is O=C1CNC(=O)C2(CCCC2)N1Cc1ccccc1Cl. The summed E-state index contributed by atoms with van der Waals surface area (Å²) in [7, 11) is 0. The molecule has 3 rings (SSSR count). The highest BCUT2D eigenvalue weighted by Crippen LogP contribution is 2.38. The number of hydrogen-bond acceptors (Lipinski definition) is 2. The van der Waals surface area contributed by atoms with Gasteiger partial charge in [0.1, 0.15) is 5.54 Å². The summed E-state index contributed by atoms with van der Waals surface area (Å²) < 4.78 is 0. The summed E-state index contributed by atoms with van der Waals surface area (Å²) in [5.74, 6) is -0.0342. The van der Waals surface area contributed by atoms with Crippen molar-refractivity contribution in [3.8, 4) is 0 Å². The first-order chi connectivity index (χ1) is 9.63. The Balaban J connectivity index is 1.94. The van der Waals surface area contributed by atoms with Crippen molar-refractivity contribution in [3.05, 3.63) is 34.9 Å². The van der Waals surface area contributed by atoms with Gasteiger partial charge in [-0.1, -0.05) is 42.6 Å². The molecule has 4 nitrogen and oxygen atoms in total. The monoisotopic (exact) mass is 292 g/mol. The van der Waals surface area contributed by atoms with E-state index in [1.807, 2.05) is 24.3 Å². The molecule has 106 valence electrons. The highest BCUT2D eigenvalue weighted by atomic mass is 35.5. The molecule has 1 saturated carbocycles. The van der Waals surface area contributed by atoms with Gasteiger partial charge in [0.25, 0.3) is 0 Å². The van der Waals surface area contributed by atoms with E-state index in [-0.39, 0.29) is 18.4 Å². The average Bonchev–Trinajstić information content (AvgIpc) is 2.92. The van der Waals surface area contributed by atoms with Gasteiger partial charge in [0.05, 0.1) is 6.54 Å². The Morgan fingerprint density at radius 1 is 1.20 bits per heavy atom. The number of halogens is 1. The Hall–Kier alpha value is -1.55. The highest BCUT2D eigenvalue weighted by Gasteiger charge is 2.50. The van der Waals surface area contributed by atoms with Crippen LogP contribution in [0.4, 0.5) is 0 Å². The van der Waals surface area contributed by atoms with E-state index in [4.69, 9.17) is 11.6 Å². The van der Waals surface area contributed by atoms with Gasteiger partial charge < -0.3 is 10.2 Å². The van der Waals surface area contributed by atoms with Crippen molar-refractivity contribution < 1.29 is 9.59 Å². The largest absolute Gasteiger partial charge is 0.345 e. The molecule has 0 unspecified atom stereocenters. The summed E-state index contributed by atoms with van der Waals surface area (Å²) in [5.41, 5.74) is 0.234. The van der Waals surface area contributed by atoms with Crippen LogP contribution in [-0.4, -0.2) is 28.8 Å². The fourth-order valence-corrected chi connectivity index (χ4v) is 3.47. The maximum absolute atomic E-state index is 12.3. The van der Waals surface area contributed by atoms with E-state index >= 15 is 0 Å². The second kappa shape index (κ2) is 5.09. The average molecular weight is 293 g/mol. The number of amides is 2. The number of rotatable bonds is 2. The van der Waals surface area contributed by atoms with Crippen LogP contribution < -0.4 is 5.32 Å². The first kappa shape index (κ1) is 13.4. The molecule has 2 aliphatic rings. The zero-order chi connectivity index (χ0) is 14.2. The van der Waals surface area contributed by atoms with Crippen LogP contribution in [-0.2, 0) is 16.1 Å². The molecule has 2 amide bonds. The molecule has 1 aromatic carbocycles. The predicted octanol–water partition coefficient (Wildman–Crippen LogP) is 2.11. The van der Waals surface area contributed by atoms with Crippen molar-refractivity contribution >= 4 is 23.4 Å². The molecule has 1 N–H and O–H groups in total. The quantitative estimate of drug-likeness (QED) is 0.907. The van der Waals surface area contributed by atoms with Crippen LogP contribution in [0.15, 0.2) is 24.3 Å². The van der Waals surface area contributed by atoms with Crippen LogP contribution in [0.3, 0.4) is 0 Å². The van der Waals surface area contributed by atoms with E-state index in [1.165, 1.54) is 0 Å². The standard InChI is InChI=1S/C15H17ClN2O2/c16-12-6-2-1-5-11(12)10-18-13(19)9-17-14(20)15(18)7-3-4-8-15/h1-2,5-6H,3-4,7-10H2,(H,17,20). The first-order valence-corrected chi connectivity index (χ1v) is 7.33. The second-order valence-electron chi connectivity index (χ2n) is 5.49. The van der Waals surface area contributed by atoms with Crippen molar-refractivity contribution in [3.63, 3.8) is 0 Å². The minimum atomic E-state index is -0.658.